The fourth-order valence-corrected chi connectivity index (χ4v) is 4.22. The third-order valence-electron chi connectivity index (χ3n) is 6.17. The zero-order valence-corrected chi connectivity index (χ0v) is 19.3. The van der Waals surface area contributed by atoms with Crippen LogP contribution >= 0.6 is 0 Å². The third kappa shape index (κ3) is 5.01. The van der Waals surface area contributed by atoms with Crippen molar-refractivity contribution in [2.45, 2.75) is 44.9 Å². The molecule has 33 heavy (non-hydrogen) atoms. The molecular formula is C25H30N2O6. The number of likely N-dealkylation sites (N-methyl/N-ethyl adjacent to an activating group) is 1. The van der Waals surface area contributed by atoms with E-state index in [1.165, 1.54) is 18.9 Å². The Labute approximate surface area is 193 Å². The second-order valence-corrected chi connectivity index (χ2v) is 8.03. The summed E-state index contributed by atoms with van der Waals surface area (Å²) in [7, 11) is 1.42. The zero-order chi connectivity index (χ0) is 24.1. The van der Waals surface area contributed by atoms with Crippen LogP contribution in [0.5, 0.6) is 0 Å². The molecule has 0 fully saturated rings. The van der Waals surface area contributed by atoms with Gasteiger partial charge in [-0.05, 0) is 43.0 Å². The Morgan fingerprint density at radius 1 is 1.03 bits per heavy atom. The first-order valence-electron chi connectivity index (χ1n) is 11.0. The Morgan fingerprint density at radius 2 is 1.58 bits per heavy atom. The maximum absolute atomic E-state index is 13.1. The average Bonchev–Trinajstić information content (AvgIpc) is 3.14. The second-order valence-electron chi connectivity index (χ2n) is 8.03. The van der Waals surface area contributed by atoms with Crippen LogP contribution in [0.2, 0.25) is 0 Å². The standard InChI is InChI=1S/C25H30N2O6/c1-5-27(15(2)24(29)30)23(28)22(16(3)32-4)26-25(31)33-14-21-19-12-8-6-10-17(19)18-11-7-9-13-20(18)21/h6-13,15-16,21-22H,5,14H2,1-4H3,(H,26,31)(H,29,30). The number of methoxy groups -OCH3 is 1. The fourth-order valence-electron chi connectivity index (χ4n) is 4.22. The molecule has 1 aliphatic carbocycles. The molecule has 176 valence electrons. The van der Waals surface area contributed by atoms with Crippen LogP contribution in [0.25, 0.3) is 11.1 Å². The number of rotatable bonds is 9. The zero-order valence-electron chi connectivity index (χ0n) is 19.3. The fraction of sp³-hybridized carbons (Fsp3) is 0.400. The van der Waals surface area contributed by atoms with Gasteiger partial charge in [-0.2, -0.15) is 0 Å². The minimum absolute atomic E-state index is 0.102. The first kappa shape index (κ1) is 24.3. The number of benzene rings is 2. The van der Waals surface area contributed by atoms with Gasteiger partial charge in [0.1, 0.15) is 18.7 Å². The van der Waals surface area contributed by atoms with Gasteiger partial charge in [-0.3, -0.25) is 4.79 Å². The largest absolute Gasteiger partial charge is 0.480 e. The lowest BCUT2D eigenvalue weighted by molar-refractivity contribution is -0.151. The van der Waals surface area contributed by atoms with Gasteiger partial charge < -0.3 is 24.8 Å². The number of alkyl carbamates (subject to hydrolysis) is 1. The van der Waals surface area contributed by atoms with E-state index in [1.807, 2.05) is 48.5 Å². The normalized spacial score (nSPS) is 15.0. The van der Waals surface area contributed by atoms with Crippen molar-refractivity contribution in [2.24, 2.45) is 0 Å². The molecule has 8 heteroatoms. The summed E-state index contributed by atoms with van der Waals surface area (Å²) in [5.41, 5.74) is 4.39. The Morgan fingerprint density at radius 3 is 2.06 bits per heavy atom. The summed E-state index contributed by atoms with van der Waals surface area (Å²) in [6, 6.07) is 13.9. The third-order valence-corrected chi connectivity index (χ3v) is 6.17. The minimum Gasteiger partial charge on any atom is -0.480 e. The molecule has 2 aromatic carbocycles. The SMILES string of the molecule is CCN(C(=O)C(NC(=O)OCC1c2ccccc2-c2ccccc21)C(C)OC)C(C)C(=O)O. The van der Waals surface area contributed by atoms with E-state index in [9.17, 15) is 19.5 Å². The van der Waals surface area contributed by atoms with Crippen molar-refractivity contribution in [3.8, 4) is 11.1 Å². The quantitative estimate of drug-likeness (QED) is 0.603. The Balaban J connectivity index is 1.73. The van der Waals surface area contributed by atoms with Gasteiger partial charge in [-0.15, -0.1) is 0 Å². The van der Waals surface area contributed by atoms with Gasteiger partial charge in [0.25, 0.3) is 0 Å². The monoisotopic (exact) mass is 454 g/mol. The number of carbonyl (C=O) groups excluding carboxylic acids is 2. The summed E-state index contributed by atoms with van der Waals surface area (Å²) < 4.78 is 10.8. The van der Waals surface area contributed by atoms with Crippen LogP contribution in [0.3, 0.4) is 0 Å². The molecule has 3 unspecified atom stereocenters. The van der Waals surface area contributed by atoms with E-state index in [4.69, 9.17) is 9.47 Å². The molecule has 2 amide bonds. The predicted octanol–water partition coefficient (Wildman–Crippen LogP) is 3.25. The molecule has 1 aliphatic rings. The summed E-state index contributed by atoms with van der Waals surface area (Å²) in [5.74, 6) is -1.79. The molecule has 3 rings (SSSR count). The lowest BCUT2D eigenvalue weighted by Crippen LogP contribution is -2.57. The number of carboxylic acid groups (broad SMARTS) is 1. The molecule has 2 aromatic rings. The van der Waals surface area contributed by atoms with Crippen molar-refractivity contribution >= 4 is 18.0 Å². The smallest absolute Gasteiger partial charge is 0.407 e. The maximum Gasteiger partial charge on any atom is 0.407 e. The number of hydrogen-bond donors (Lipinski definition) is 2. The van der Waals surface area contributed by atoms with Gasteiger partial charge in [0.2, 0.25) is 5.91 Å². The van der Waals surface area contributed by atoms with E-state index in [2.05, 4.69) is 5.32 Å². The van der Waals surface area contributed by atoms with Gasteiger partial charge in [-0.25, -0.2) is 9.59 Å². The molecule has 2 N–H and O–H groups in total. The first-order valence-corrected chi connectivity index (χ1v) is 11.0. The van der Waals surface area contributed by atoms with Crippen molar-refractivity contribution in [1.82, 2.24) is 10.2 Å². The molecule has 0 bridgehead atoms. The molecule has 0 aliphatic heterocycles. The number of carboxylic acids is 1. The Bertz CT molecular complexity index is 978. The van der Waals surface area contributed by atoms with E-state index in [-0.39, 0.29) is 19.1 Å². The first-order chi connectivity index (χ1) is 15.8. The van der Waals surface area contributed by atoms with Crippen LogP contribution in [-0.4, -0.2) is 66.4 Å². The van der Waals surface area contributed by atoms with Crippen molar-refractivity contribution < 1.29 is 29.0 Å². The van der Waals surface area contributed by atoms with Crippen LogP contribution in [0.1, 0.15) is 37.8 Å². The summed E-state index contributed by atoms with van der Waals surface area (Å²) in [6.45, 7) is 5.01. The second kappa shape index (κ2) is 10.5. The lowest BCUT2D eigenvalue weighted by atomic mass is 9.98. The van der Waals surface area contributed by atoms with E-state index in [1.54, 1.807) is 13.8 Å². The number of nitrogens with one attached hydrogen (secondary N) is 1. The molecular weight excluding hydrogens is 424 g/mol. The molecule has 0 heterocycles. The molecule has 0 spiro atoms. The molecule has 8 nitrogen and oxygen atoms in total. The highest BCUT2D eigenvalue weighted by molar-refractivity contribution is 5.89. The van der Waals surface area contributed by atoms with Crippen molar-refractivity contribution in [1.29, 1.82) is 0 Å². The van der Waals surface area contributed by atoms with Gasteiger partial charge >= 0.3 is 12.1 Å². The Hall–Kier alpha value is -3.39. The summed E-state index contributed by atoms with van der Waals surface area (Å²) in [4.78, 5) is 38.3. The topological polar surface area (TPSA) is 105 Å². The Kier molecular flexibility index (Phi) is 7.71. The van der Waals surface area contributed by atoms with Crippen LogP contribution in [0.15, 0.2) is 48.5 Å². The van der Waals surface area contributed by atoms with Gasteiger partial charge in [-0.1, -0.05) is 48.5 Å². The van der Waals surface area contributed by atoms with Gasteiger partial charge in [0.05, 0.1) is 6.10 Å². The molecule has 0 aromatic heterocycles. The van der Waals surface area contributed by atoms with Crippen molar-refractivity contribution in [2.75, 3.05) is 20.3 Å². The van der Waals surface area contributed by atoms with E-state index >= 15 is 0 Å². The number of hydrogen-bond acceptors (Lipinski definition) is 5. The molecule has 0 radical (unpaired) electrons. The van der Waals surface area contributed by atoms with Crippen LogP contribution in [0, 0.1) is 0 Å². The number of fused-ring (bicyclic) bond motifs is 3. The highest BCUT2D eigenvalue weighted by Crippen LogP contribution is 2.44. The molecule has 0 saturated heterocycles. The number of nitrogens with zero attached hydrogens (tertiary/aromatic N) is 1. The van der Waals surface area contributed by atoms with Crippen molar-refractivity contribution in [3.63, 3.8) is 0 Å². The van der Waals surface area contributed by atoms with E-state index in [0.29, 0.717) is 0 Å². The highest BCUT2D eigenvalue weighted by atomic mass is 16.5. The van der Waals surface area contributed by atoms with Gasteiger partial charge in [0.15, 0.2) is 0 Å². The molecule has 3 atom stereocenters. The predicted molar refractivity (Wildman–Crippen MR) is 123 cm³/mol. The summed E-state index contributed by atoms with van der Waals surface area (Å²) in [6.07, 6.45) is -1.45. The average molecular weight is 455 g/mol. The van der Waals surface area contributed by atoms with E-state index in [0.717, 1.165) is 22.3 Å². The number of aliphatic carboxylic acids is 1. The summed E-state index contributed by atoms with van der Waals surface area (Å²) in [5, 5.41) is 11.9. The summed E-state index contributed by atoms with van der Waals surface area (Å²) >= 11 is 0. The number of amides is 2. The van der Waals surface area contributed by atoms with Crippen LogP contribution < -0.4 is 5.32 Å². The number of carbonyl (C=O) groups is 3. The van der Waals surface area contributed by atoms with Crippen LogP contribution in [0.4, 0.5) is 4.79 Å². The highest BCUT2D eigenvalue weighted by Gasteiger charge is 2.35. The number of ether oxygens (including phenoxy) is 2. The lowest BCUT2D eigenvalue weighted by Gasteiger charge is -2.31. The maximum atomic E-state index is 13.1. The van der Waals surface area contributed by atoms with Crippen LogP contribution in [-0.2, 0) is 19.1 Å². The molecule has 0 saturated carbocycles. The van der Waals surface area contributed by atoms with E-state index < -0.39 is 36.2 Å². The van der Waals surface area contributed by atoms with Crippen molar-refractivity contribution in [3.05, 3.63) is 59.7 Å². The van der Waals surface area contributed by atoms with Gasteiger partial charge in [0, 0.05) is 19.6 Å². The minimum atomic E-state index is -1.13.